The van der Waals surface area contributed by atoms with Crippen LogP contribution in [0.5, 0.6) is 0 Å². The Morgan fingerprint density at radius 1 is 1.11 bits per heavy atom. The van der Waals surface area contributed by atoms with Gasteiger partial charge in [0.2, 0.25) is 0 Å². The maximum Gasteiger partial charge on any atom is 0.128 e. The Labute approximate surface area is 114 Å². The van der Waals surface area contributed by atoms with Crippen LogP contribution in [-0.4, -0.2) is 4.98 Å². The molecule has 0 amide bonds. The minimum atomic E-state index is -0.205. The SMILES string of the molecule is Cc1ccnc(N)c1C(N)C(C)(C)c1ccccc1. The van der Waals surface area contributed by atoms with Gasteiger partial charge in [-0.2, -0.15) is 0 Å². The monoisotopic (exact) mass is 255 g/mol. The number of nitrogens with zero attached hydrogens (tertiary/aromatic N) is 1. The standard InChI is InChI=1S/C16H21N3/c1-11-9-10-19-15(18)13(11)14(17)16(2,3)12-7-5-4-6-8-12/h4-10,14H,17H2,1-3H3,(H2,18,19). The molecular formula is C16H21N3. The summed E-state index contributed by atoms with van der Waals surface area (Å²) in [5.41, 5.74) is 15.5. The molecule has 1 aromatic heterocycles. The van der Waals surface area contributed by atoms with E-state index in [0.29, 0.717) is 5.82 Å². The van der Waals surface area contributed by atoms with Gasteiger partial charge in [-0.1, -0.05) is 44.2 Å². The molecule has 0 aliphatic carbocycles. The van der Waals surface area contributed by atoms with Gasteiger partial charge >= 0.3 is 0 Å². The van der Waals surface area contributed by atoms with Crippen molar-refractivity contribution in [2.75, 3.05) is 5.73 Å². The third kappa shape index (κ3) is 2.47. The average Bonchev–Trinajstić information content (AvgIpc) is 2.39. The van der Waals surface area contributed by atoms with Crippen LogP contribution < -0.4 is 11.5 Å². The molecule has 19 heavy (non-hydrogen) atoms. The predicted molar refractivity (Wildman–Crippen MR) is 79.8 cm³/mol. The van der Waals surface area contributed by atoms with E-state index in [1.807, 2.05) is 31.2 Å². The van der Waals surface area contributed by atoms with Gasteiger partial charge in [0.15, 0.2) is 0 Å². The van der Waals surface area contributed by atoms with E-state index in [1.165, 1.54) is 5.56 Å². The quantitative estimate of drug-likeness (QED) is 0.886. The van der Waals surface area contributed by atoms with Gasteiger partial charge in [0, 0.05) is 23.2 Å². The molecule has 1 unspecified atom stereocenters. The van der Waals surface area contributed by atoms with E-state index in [-0.39, 0.29) is 11.5 Å². The molecule has 0 aliphatic heterocycles. The molecule has 3 nitrogen and oxygen atoms in total. The first-order chi connectivity index (χ1) is 8.94. The number of anilines is 1. The van der Waals surface area contributed by atoms with Crippen LogP contribution in [0.2, 0.25) is 0 Å². The first-order valence-electron chi connectivity index (χ1n) is 6.46. The Bertz CT molecular complexity index is 541. The molecular weight excluding hydrogens is 234 g/mol. The number of rotatable bonds is 3. The van der Waals surface area contributed by atoms with Gasteiger partial charge < -0.3 is 11.5 Å². The summed E-state index contributed by atoms with van der Waals surface area (Å²) < 4.78 is 0. The zero-order chi connectivity index (χ0) is 14.0. The van der Waals surface area contributed by atoms with Crippen LogP contribution in [0.25, 0.3) is 0 Å². The molecule has 3 heteroatoms. The Kier molecular flexibility index (Phi) is 3.58. The second-order valence-electron chi connectivity index (χ2n) is 5.49. The average molecular weight is 255 g/mol. The molecule has 0 bridgehead atoms. The van der Waals surface area contributed by atoms with E-state index in [2.05, 4.69) is 31.0 Å². The lowest BCUT2D eigenvalue weighted by Crippen LogP contribution is -2.34. The van der Waals surface area contributed by atoms with E-state index in [4.69, 9.17) is 11.5 Å². The lowest BCUT2D eigenvalue weighted by Gasteiger charge is -2.33. The van der Waals surface area contributed by atoms with Crippen molar-refractivity contribution in [3.8, 4) is 0 Å². The van der Waals surface area contributed by atoms with Gasteiger partial charge in [-0.25, -0.2) is 4.98 Å². The smallest absolute Gasteiger partial charge is 0.128 e. The summed E-state index contributed by atoms with van der Waals surface area (Å²) in [7, 11) is 0. The number of hydrogen-bond donors (Lipinski definition) is 2. The molecule has 0 fully saturated rings. The summed E-state index contributed by atoms with van der Waals surface area (Å²) in [5, 5.41) is 0. The van der Waals surface area contributed by atoms with Crippen LogP contribution in [0.1, 0.15) is 36.6 Å². The molecule has 0 spiro atoms. The summed E-state index contributed by atoms with van der Waals surface area (Å²) in [6, 6.07) is 12.0. The molecule has 0 saturated heterocycles. The Morgan fingerprint density at radius 2 is 1.74 bits per heavy atom. The van der Waals surface area contributed by atoms with Crippen molar-refractivity contribution in [3.63, 3.8) is 0 Å². The fraction of sp³-hybridized carbons (Fsp3) is 0.312. The molecule has 2 rings (SSSR count). The fourth-order valence-corrected chi connectivity index (χ4v) is 2.40. The van der Waals surface area contributed by atoms with Crippen LogP contribution in [-0.2, 0) is 5.41 Å². The Balaban J connectivity index is 2.46. The third-order valence-corrected chi connectivity index (χ3v) is 3.85. The van der Waals surface area contributed by atoms with Gasteiger partial charge in [0.25, 0.3) is 0 Å². The number of benzene rings is 1. The second kappa shape index (κ2) is 5.02. The van der Waals surface area contributed by atoms with Crippen molar-refractivity contribution in [1.82, 2.24) is 4.98 Å². The van der Waals surface area contributed by atoms with Crippen molar-refractivity contribution in [2.24, 2.45) is 5.73 Å². The van der Waals surface area contributed by atoms with Crippen LogP contribution in [0.3, 0.4) is 0 Å². The lowest BCUT2D eigenvalue weighted by molar-refractivity contribution is 0.420. The molecule has 100 valence electrons. The first-order valence-corrected chi connectivity index (χ1v) is 6.46. The molecule has 0 aliphatic rings. The largest absolute Gasteiger partial charge is 0.383 e. The summed E-state index contributed by atoms with van der Waals surface area (Å²) >= 11 is 0. The van der Waals surface area contributed by atoms with Crippen LogP contribution >= 0.6 is 0 Å². The molecule has 4 N–H and O–H groups in total. The van der Waals surface area contributed by atoms with Crippen molar-refractivity contribution in [3.05, 3.63) is 59.3 Å². The minimum Gasteiger partial charge on any atom is -0.383 e. The van der Waals surface area contributed by atoms with E-state index in [0.717, 1.165) is 11.1 Å². The van der Waals surface area contributed by atoms with Gasteiger partial charge in [0.1, 0.15) is 5.82 Å². The Morgan fingerprint density at radius 3 is 2.32 bits per heavy atom. The number of nitrogen functional groups attached to an aromatic ring is 1. The van der Waals surface area contributed by atoms with E-state index in [9.17, 15) is 0 Å². The third-order valence-electron chi connectivity index (χ3n) is 3.85. The van der Waals surface area contributed by atoms with Gasteiger partial charge in [0.05, 0.1) is 0 Å². The highest BCUT2D eigenvalue weighted by Gasteiger charge is 2.31. The van der Waals surface area contributed by atoms with Gasteiger partial charge in [-0.05, 0) is 24.1 Å². The zero-order valence-corrected chi connectivity index (χ0v) is 11.7. The molecule has 2 aromatic rings. The van der Waals surface area contributed by atoms with E-state index >= 15 is 0 Å². The van der Waals surface area contributed by atoms with Crippen LogP contribution in [0.4, 0.5) is 5.82 Å². The maximum atomic E-state index is 6.49. The van der Waals surface area contributed by atoms with E-state index in [1.54, 1.807) is 6.20 Å². The highest BCUT2D eigenvalue weighted by Crippen LogP contribution is 2.37. The minimum absolute atomic E-state index is 0.191. The molecule has 0 saturated carbocycles. The molecule has 0 radical (unpaired) electrons. The van der Waals surface area contributed by atoms with Crippen molar-refractivity contribution in [1.29, 1.82) is 0 Å². The summed E-state index contributed by atoms with van der Waals surface area (Å²) in [6.07, 6.45) is 1.72. The molecule has 1 heterocycles. The summed E-state index contributed by atoms with van der Waals surface area (Å²) in [6.45, 7) is 6.30. The van der Waals surface area contributed by atoms with Crippen LogP contribution in [0.15, 0.2) is 42.6 Å². The lowest BCUT2D eigenvalue weighted by atomic mass is 9.74. The summed E-state index contributed by atoms with van der Waals surface area (Å²) in [5.74, 6) is 0.525. The highest BCUT2D eigenvalue weighted by atomic mass is 14.8. The maximum absolute atomic E-state index is 6.49. The first kappa shape index (κ1) is 13.6. The van der Waals surface area contributed by atoms with Gasteiger partial charge in [-0.3, -0.25) is 0 Å². The van der Waals surface area contributed by atoms with E-state index < -0.39 is 0 Å². The van der Waals surface area contributed by atoms with Crippen molar-refractivity contribution >= 4 is 5.82 Å². The topological polar surface area (TPSA) is 64.9 Å². The predicted octanol–water partition coefficient (Wildman–Crippen LogP) is 2.95. The number of nitrogens with two attached hydrogens (primary N) is 2. The molecule has 1 atom stereocenters. The van der Waals surface area contributed by atoms with Crippen LogP contribution in [0, 0.1) is 6.92 Å². The zero-order valence-electron chi connectivity index (χ0n) is 11.7. The van der Waals surface area contributed by atoms with Gasteiger partial charge in [-0.15, -0.1) is 0 Å². The summed E-state index contributed by atoms with van der Waals surface area (Å²) in [4.78, 5) is 4.17. The normalized spacial score (nSPS) is 13.3. The molecule has 1 aromatic carbocycles. The number of pyridine rings is 1. The fourth-order valence-electron chi connectivity index (χ4n) is 2.40. The van der Waals surface area contributed by atoms with Crippen molar-refractivity contribution in [2.45, 2.75) is 32.2 Å². The number of aromatic nitrogens is 1. The second-order valence-corrected chi connectivity index (χ2v) is 5.49. The highest BCUT2D eigenvalue weighted by molar-refractivity contribution is 5.48. The number of hydrogen-bond acceptors (Lipinski definition) is 3. The number of aryl methyl sites for hydroxylation is 1. The Hall–Kier alpha value is -1.87. The van der Waals surface area contributed by atoms with Crippen molar-refractivity contribution < 1.29 is 0 Å².